The van der Waals surface area contributed by atoms with E-state index in [1.807, 2.05) is 19.9 Å². The lowest BCUT2D eigenvalue weighted by atomic mass is 10.2. The summed E-state index contributed by atoms with van der Waals surface area (Å²) in [6, 6.07) is 6.90. The maximum Gasteiger partial charge on any atom is 0.189 e. The normalized spacial score (nSPS) is 9.27. The Bertz CT molecular complexity index is 488. The molecule has 0 radical (unpaired) electrons. The Labute approximate surface area is 88.7 Å². The average Bonchev–Trinajstić information content (AvgIpc) is 2.32. The largest absolute Gasteiger partial charge is 0.495 e. The van der Waals surface area contributed by atoms with Crippen molar-refractivity contribution in [2.24, 2.45) is 0 Å². The fourth-order valence-electron chi connectivity index (χ4n) is 1.35. The first-order chi connectivity index (χ1) is 7.33. The molecule has 0 amide bonds. The van der Waals surface area contributed by atoms with Crippen LogP contribution in [-0.4, -0.2) is 12.1 Å². The average molecular weight is 205 g/mol. The highest BCUT2D eigenvalue weighted by atomic mass is 16.5. The molecule has 3 heteroatoms. The molecule has 1 heterocycles. The summed E-state index contributed by atoms with van der Waals surface area (Å²) in [5, 5.41) is 0.654. The maximum atomic E-state index is 11.4. The number of hydrogen-bond donors (Lipinski definition) is 1. The lowest BCUT2D eigenvalue weighted by molar-refractivity contribution is 0.419. The molecule has 1 N–H and O–H groups in total. The monoisotopic (exact) mass is 205 g/mol. The Morgan fingerprint density at radius 2 is 1.93 bits per heavy atom. The molecule has 0 saturated heterocycles. The molecule has 0 aliphatic rings. The van der Waals surface area contributed by atoms with E-state index in [1.165, 1.54) is 6.07 Å². The smallest absolute Gasteiger partial charge is 0.189 e. The van der Waals surface area contributed by atoms with Crippen LogP contribution < -0.4 is 10.2 Å². The molecule has 2 rings (SSSR count). The summed E-state index contributed by atoms with van der Waals surface area (Å²) in [6.45, 7) is 4.00. The molecule has 3 nitrogen and oxygen atoms in total. The van der Waals surface area contributed by atoms with Gasteiger partial charge >= 0.3 is 0 Å². The van der Waals surface area contributed by atoms with Crippen LogP contribution in [0.3, 0.4) is 0 Å². The number of methoxy groups -OCH3 is 1. The zero-order chi connectivity index (χ0) is 11.3. The Kier molecular flexibility index (Phi) is 3.92. The second kappa shape index (κ2) is 5.20. The highest BCUT2D eigenvalue weighted by Crippen LogP contribution is 2.19. The van der Waals surface area contributed by atoms with Gasteiger partial charge in [-0.15, -0.1) is 0 Å². The molecular weight excluding hydrogens is 190 g/mol. The van der Waals surface area contributed by atoms with Gasteiger partial charge in [-0.05, 0) is 12.1 Å². The molecule has 1 aromatic carbocycles. The predicted octanol–water partition coefficient (Wildman–Crippen LogP) is 2.56. The van der Waals surface area contributed by atoms with Crippen LogP contribution in [0.2, 0.25) is 0 Å². The minimum atomic E-state index is 0.00708. The standard InChI is InChI=1S/C10H9NO2.C2H6/c1-13-9-4-2-3-7-8(12)5-6-11-10(7)9;1-2/h2-6H,1H3,(H,11,12);1-2H3. The predicted molar refractivity (Wildman–Crippen MR) is 62.5 cm³/mol. The van der Waals surface area contributed by atoms with Crippen molar-refractivity contribution in [3.05, 3.63) is 40.7 Å². The summed E-state index contributed by atoms with van der Waals surface area (Å²) in [6.07, 6.45) is 1.62. The number of rotatable bonds is 1. The van der Waals surface area contributed by atoms with Gasteiger partial charge < -0.3 is 9.72 Å². The number of para-hydroxylation sites is 1. The van der Waals surface area contributed by atoms with E-state index >= 15 is 0 Å². The van der Waals surface area contributed by atoms with Gasteiger partial charge in [0.1, 0.15) is 5.75 Å². The molecule has 0 spiro atoms. The summed E-state index contributed by atoms with van der Waals surface area (Å²) in [7, 11) is 1.58. The molecule has 80 valence electrons. The summed E-state index contributed by atoms with van der Waals surface area (Å²) < 4.78 is 5.11. The Balaban J connectivity index is 0.000000531. The minimum Gasteiger partial charge on any atom is -0.495 e. The maximum absolute atomic E-state index is 11.4. The summed E-state index contributed by atoms with van der Waals surface area (Å²) in [5.41, 5.74) is 0.755. The quantitative estimate of drug-likeness (QED) is 0.777. The van der Waals surface area contributed by atoms with Crippen molar-refractivity contribution in [2.45, 2.75) is 13.8 Å². The number of ether oxygens (including phenoxy) is 1. The van der Waals surface area contributed by atoms with Gasteiger partial charge in [-0.3, -0.25) is 4.79 Å². The van der Waals surface area contributed by atoms with Gasteiger partial charge in [0, 0.05) is 17.6 Å². The van der Waals surface area contributed by atoms with Gasteiger partial charge in [0.25, 0.3) is 0 Å². The van der Waals surface area contributed by atoms with Crippen LogP contribution in [0.1, 0.15) is 13.8 Å². The molecule has 1 aromatic heterocycles. The molecule has 0 bridgehead atoms. The molecule has 0 atom stereocenters. The third kappa shape index (κ3) is 2.18. The zero-order valence-corrected chi connectivity index (χ0v) is 9.20. The third-order valence-electron chi connectivity index (χ3n) is 1.97. The molecule has 0 aliphatic carbocycles. The molecule has 15 heavy (non-hydrogen) atoms. The van der Waals surface area contributed by atoms with Crippen LogP contribution in [0.4, 0.5) is 0 Å². The second-order valence-electron chi connectivity index (χ2n) is 2.72. The van der Waals surface area contributed by atoms with Crippen LogP contribution in [0.25, 0.3) is 10.9 Å². The lowest BCUT2D eigenvalue weighted by Crippen LogP contribution is -2.00. The van der Waals surface area contributed by atoms with Crippen molar-refractivity contribution in [1.82, 2.24) is 4.98 Å². The molecule has 0 aliphatic heterocycles. The number of pyridine rings is 1. The van der Waals surface area contributed by atoms with Crippen LogP contribution >= 0.6 is 0 Å². The molecule has 0 fully saturated rings. The Morgan fingerprint density at radius 3 is 2.60 bits per heavy atom. The van der Waals surface area contributed by atoms with Gasteiger partial charge in [0.2, 0.25) is 0 Å². The van der Waals surface area contributed by atoms with Crippen LogP contribution in [-0.2, 0) is 0 Å². The molecular formula is C12H15NO2. The van der Waals surface area contributed by atoms with Gasteiger partial charge in [0.05, 0.1) is 12.6 Å². The number of H-pyrrole nitrogens is 1. The zero-order valence-electron chi connectivity index (χ0n) is 9.20. The summed E-state index contributed by atoms with van der Waals surface area (Å²) in [4.78, 5) is 14.4. The number of fused-ring (bicyclic) bond motifs is 1. The van der Waals surface area contributed by atoms with Gasteiger partial charge in [-0.2, -0.15) is 0 Å². The van der Waals surface area contributed by atoms with E-state index in [2.05, 4.69) is 4.98 Å². The van der Waals surface area contributed by atoms with Crippen molar-refractivity contribution < 1.29 is 4.74 Å². The highest BCUT2D eigenvalue weighted by Gasteiger charge is 2.01. The van der Waals surface area contributed by atoms with Gasteiger partial charge in [0.15, 0.2) is 5.43 Å². The summed E-state index contributed by atoms with van der Waals surface area (Å²) >= 11 is 0. The van der Waals surface area contributed by atoms with E-state index in [0.29, 0.717) is 11.1 Å². The fraction of sp³-hybridized carbons (Fsp3) is 0.250. The summed E-state index contributed by atoms with van der Waals surface area (Å²) in [5.74, 6) is 0.690. The first-order valence-corrected chi connectivity index (χ1v) is 4.97. The van der Waals surface area contributed by atoms with E-state index in [1.54, 1.807) is 25.4 Å². The number of hydrogen-bond acceptors (Lipinski definition) is 2. The topological polar surface area (TPSA) is 42.1 Å². The van der Waals surface area contributed by atoms with Gasteiger partial charge in [-0.1, -0.05) is 19.9 Å². The highest BCUT2D eigenvalue weighted by molar-refractivity contribution is 5.83. The molecule has 2 aromatic rings. The third-order valence-corrected chi connectivity index (χ3v) is 1.97. The second-order valence-corrected chi connectivity index (χ2v) is 2.72. The Morgan fingerprint density at radius 1 is 1.20 bits per heavy atom. The molecule has 0 saturated carbocycles. The van der Waals surface area contributed by atoms with E-state index in [4.69, 9.17) is 4.74 Å². The van der Waals surface area contributed by atoms with Crippen LogP contribution in [0.15, 0.2) is 35.3 Å². The molecule has 0 unspecified atom stereocenters. The number of nitrogens with one attached hydrogen (secondary N) is 1. The van der Waals surface area contributed by atoms with E-state index in [-0.39, 0.29) is 5.43 Å². The van der Waals surface area contributed by atoms with Gasteiger partial charge in [-0.25, -0.2) is 0 Å². The van der Waals surface area contributed by atoms with Crippen molar-refractivity contribution in [2.75, 3.05) is 7.11 Å². The number of benzene rings is 1. The first-order valence-electron chi connectivity index (χ1n) is 4.97. The van der Waals surface area contributed by atoms with Crippen molar-refractivity contribution in [3.63, 3.8) is 0 Å². The Hall–Kier alpha value is -1.77. The lowest BCUT2D eigenvalue weighted by Gasteiger charge is -2.03. The number of aromatic amines is 1. The van der Waals surface area contributed by atoms with Crippen molar-refractivity contribution in [1.29, 1.82) is 0 Å². The van der Waals surface area contributed by atoms with Crippen molar-refractivity contribution in [3.8, 4) is 5.75 Å². The van der Waals surface area contributed by atoms with Crippen LogP contribution in [0.5, 0.6) is 5.75 Å². The van der Waals surface area contributed by atoms with E-state index in [0.717, 1.165) is 5.52 Å². The van der Waals surface area contributed by atoms with E-state index in [9.17, 15) is 4.79 Å². The van der Waals surface area contributed by atoms with Crippen molar-refractivity contribution >= 4 is 10.9 Å². The minimum absolute atomic E-state index is 0.00708. The SMILES string of the molecule is CC.COc1cccc2c(=O)cc[nH]c12. The van der Waals surface area contributed by atoms with E-state index < -0.39 is 0 Å². The van der Waals surface area contributed by atoms with Crippen LogP contribution in [0, 0.1) is 0 Å². The first kappa shape index (κ1) is 11.3. The fourth-order valence-corrected chi connectivity index (χ4v) is 1.35. The number of aromatic nitrogens is 1.